The number of aromatic nitrogens is 1. The molecule has 0 amide bonds. The number of thiazole rings is 1. The molecule has 0 radical (unpaired) electrons. The molecule has 5 rings (SSSR count). The average Bonchev–Trinajstić information content (AvgIpc) is 3.26. The number of aryl methyl sites for hydroxylation is 1. The Bertz CT molecular complexity index is 1420. The normalized spacial score (nSPS) is 11.2. The fourth-order valence-electron chi connectivity index (χ4n) is 3.67. The highest BCUT2D eigenvalue weighted by atomic mass is 32.1. The fourth-order valence-corrected chi connectivity index (χ4v) is 4.64. The number of para-hydroxylation sites is 1. The van der Waals surface area contributed by atoms with E-state index in [1.807, 2.05) is 49.4 Å². The first-order valence-electron chi connectivity index (χ1n) is 10.9. The Morgan fingerprint density at radius 2 is 1.61 bits per heavy atom. The van der Waals surface area contributed by atoms with Gasteiger partial charge in [0, 0.05) is 23.1 Å². The topological polar surface area (TPSA) is 61.6 Å². The molecule has 0 N–H and O–H groups in total. The maximum atomic E-state index is 11.6. The van der Waals surface area contributed by atoms with Gasteiger partial charge in [-0.3, -0.25) is 0 Å². The molecule has 0 bridgehead atoms. The van der Waals surface area contributed by atoms with Crippen molar-refractivity contribution in [1.29, 1.82) is 0 Å². The first kappa shape index (κ1) is 21.2. The minimum absolute atomic E-state index is 0.345. The van der Waals surface area contributed by atoms with Gasteiger partial charge in [0.1, 0.15) is 22.1 Å². The predicted octanol–water partition coefficient (Wildman–Crippen LogP) is 6.62. The Hall–Kier alpha value is -3.64. The maximum absolute atomic E-state index is 11.6. The Morgan fingerprint density at radius 1 is 0.879 bits per heavy atom. The number of benzene rings is 3. The summed E-state index contributed by atoms with van der Waals surface area (Å²) >= 11 is 1.70. The summed E-state index contributed by atoms with van der Waals surface area (Å²) in [5.74, 6) is 1.54. The van der Waals surface area contributed by atoms with E-state index in [4.69, 9.17) is 18.9 Å². The van der Waals surface area contributed by atoms with E-state index in [-0.39, 0.29) is 5.63 Å². The Balaban J connectivity index is 1.08. The number of ether oxygens (including phenoxy) is 2. The molecule has 0 saturated heterocycles. The molecule has 3 aromatic carbocycles. The SMILES string of the molecule is Cc1cc(=O)oc2cc(OCCCCOc3ccc(-c4nc5ccccc5s4)cc3)ccc12. The lowest BCUT2D eigenvalue weighted by molar-refractivity contribution is 0.266. The molecule has 0 spiro atoms. The van der Waals surface area contributed by atoms with E-state index in [2.05, 4.69) is 18.2 Å². The van der Waals surface area contributed by atoms with E-state index in [9.17, 15) is 4.79 Å². The monoisotopic (exact) mass is 457 g/mol. The van der Waals surface area contributed by atoms with Gasteiger partial charge in [-0.25, -0.2) is 9.78 Å². The average molecular weight is 458 g/mol. The molecule has 166 valence electrons. The summed E-state index contributed by atoms with van der Waals surface area (Å²) in [6.45, 7) is 3.09. The highest BCUT2D eigenvalue weighted by Crippen LogP contribution is 2.31. The van der Waals surface area contributed by atoms with Crippen LogP contribution in [0.15, 0.2) is 82.0 Å². The second-order valence-electron chi connectivity index (χ2n) is 7.82. The second-order valence-corrected chi connectivity index (χ2v) is 8.85. The molecule has 0 aliphatic heterocycles. The maximum Gasteiger partial charge on any atom is 0.336 e. The van der Waals surface area contributed by atoms with Gasteiger partial charge in [-0.2, -0.15) is 0 Å². The number of hydrogen-bond donors (Lipinski definition) is 0. The van der Waals surface area contributed by atoms with Gasteiger partial charge in [0.25, 0.3) is 0 Å². The molecule has 0 saturated carbocycles. The lowest BCUT2D eigenvalue weighted by atomic mass is 10.1. The largest absolute Gasteiger partial charge is 0.494 e. The molecule has 5 nitrogen and oxygen atoms in total. The second kappa shape index (κ2) is 9.46. The molecule has 2 heterocycles. The van der Waals surface area contributed by atoms with Crippen LogP contribution in [-0.4, -0.2) is 18.2 Å². The Kier molecular flexibility index (Phi) is 6.09. The number of fused-ring (bicyclic) bond motifs is 2. The van der Waals surface area contributed by atoms with Crippen LogP contribution in [0.4, 0.5) is 0 Å². The number of unbranched alkanes of at least 4 members (excludes halogenated alkanes) is 1. The number of rotatable bonds is 8. The first-order chi connectivity index (χ1) is 16.2. The Labute approximate surface area is 195 Å². The zero-order chi connectivity index (χ0) is 22.6. The zero-order valence-electron chi connectivity index (χ0n) is 18.2. The third-order valence-electron chi connectivity index (χ3n) is 5.39. The lowest BCUT2D eigenvalue weighted by Crippen LogP contribution is -2.03. The van der Waals surface area contributed by atoms with E-state index in [1.165, 1.54) is 10.8 Å². The van der Waals surface area contributed by atoms with Gasteiger partial charge in [0.15, 0.2) is 0 Å². The van der Waals surface area contributed by atoms with E-state index in [0.29, 0.717) is 24.5 Å². The predicted molar refractivity (Wildman–Crippen MR) is 133 cm³/mol. The van der Waals surface area contributed by atoms with Crippen LogP contribution in [-0.2, 0) is 0 Å². The molecular weight excluding hydrogens is 434 g/mol. The van der Waals surface area contributed by atoms with Crippen LogP contribution in [0.1, 0.15) is 18.4 Å². The summed E-state index contributed by atoms with van der Waals surface area (Å²) in [6, 6.07) is 23.3. The molecule has 33 heavy (non-hydrogen) atoms. The van der Waals surface area contributed by atoms with Crippen LogP contribution in [0, 0.1) is 6.92 Å². The summed E-state index contributed by atoms with van der Waals surface area (Å²) in [5.41, 5.74) is 3.23. The van der Waals surface area contributed by atoms with Gasteiger partial charge >= 0.3 is 5.63 Å². The summed E-state index contributed by atoms with van der Waals surface area (Å²) in [4.78, 5) is 16.3. The highest BCUT2D eigenvalue weighted by molar-refractivity contribution is 7.21. The number of nitrogens with zero attached hydrogens (tertiary/aromatic N) is 1. The zero-order valence-corrected chi connectivity index (χ0v) is 19.1. The van der Waals surface area contributed by atoms with Crippen LogP contribution >= 0.6 is 11.3 Å². The van der Waals surface area contributed by atoms with E-state index < -0.39 is 0 Å². The lowest BCUT2D eigenvalue weighted by Gasteiger charge is -2.09. The van der Waals surface area contributed by atoms with Crippen molar-refractivity contribution in [3.8, 4) is 22.1 Å². The van der Waals surface area contributed by atoms with Crippen LogP contribution in [0.2, 0.25) is 0 Å². The van der Waals surface area contributed by atoms with Crippen molar-refractivity contribution in [3.63, 3.8) is 0 Å². The van der Waals surface area contributed by atoms with Crippen molar-refractivity contribution < 1.29 is 13.9 Å². The molecule has 0 aliphatic rings. The molecule has 0 atom stereocenters. The Morgan fingerprint density at radius 3 is 2.39 bits per heavy atom. The van der Waals surface area contributed by atoms with Crippen molar-refractivity contribution >= 4 is 32.5 Å². The summed E-state index contributed by atoms with van der Waals surface area (Å²) in [6.07, 6.45) is 1.74. The van der Waals surface area contributed by atoms with E-state index in [0.717, 1.165) is 45.6 Å². The quantitative estimate of drug-likeness (QED) is 0.194. The molecule has 5 aromatic rings. The molecule has 2 aromatic heterocycles. The summed E-state index contributed by atoms with van der Waals surface area (Å²) < 4.78 is 18.1. The van der Waals surface area contributed by atoms with Crippen LogP contribution in [0.25, 0.3) is 31.8 Å². The standard InChI is InChI=1S/C27H23NO4S/c1-18-16-26(29)32-24-17-21(12-13-22(18)24)31-15-5-4-14-30-20-10-8-19(9-11-20)27-28-23-6-2-3-7-25(23)33-27/h2-3,6-13,16-17H,4-5,14-15H2,1H3. The van der Waals surface area contributed by atoms with Crippen molar-refractivity contribution in [3.05, 3.63) is 88.8 Å². The molecule has 0 aliphatic carbocycles. The molecule has 6 heteroatoms. The van der Waals surface area contributed by atoms with Gasteiger partial charge in [-0.05, 0) is 73.9 Å². The highest BCUT2D eigenvalue weighted by Gasteiger charge is 2.07. The van der Waals surface area contributed by atoms with Gasteiger partial charge in [-0.15, -0.1) is 11.3 Å². The summed E-state index contributed by atoms with van der Waals surface area (Å²) in [5, 5.41) is 1.94. The smallest absolute Gasteiger partial charge is 0.336 e. The van der Waals surface area contributed by atoms with Crippen LogP contribution in [0.5, 0.6) is 11.5 Å². The fraction of sp³-hybridized carbons (Fsp3) is 0.185. The van der Waals surface area contributed by atoms with E-state index in [1.54, 1.807) is 17.4 Å². The minimum atomic E-state index is -0.345. The molecular formula is C27H23NO4S. The van der Waals surface area contributed by atoms with Gasteiger partial charge in [0.05, 0.1) is 23.4 Å². The number of hydrogen-bond acceptors (Lipinski definition) is 6. The van der Waals surface area contributed by atoms with Crippen molar-refractivity contribution in [2.45, 2.75) is 19.8 Å². The van der Waals surface area contributed by atoms with E-state index >= 15 is 0 Å². The molecule has 0 fully saturated rings. The van der Waals surface area contributed by atoms with Gasteiger partial charge < -0.3 is 13.9 Å². The van der Waals surface area contributed by atoms with Crippen molar-refractivity contribution in [2.75, 3.05) is 13.2 Å². The minimum Gasteiger partial charge on any atom is -0.494 e. The molecule has 0 unspecified atom stereocenters. The van der Waals surface area contributed by atoms with Gasteiger partial charge in [0.2, 0.25) is 0 Å². The third kappa shape index (κ3) is 4.91. The van der Waals surface area contributed by atoms with Gasteiger partial charge in [-0.1, -0.05) is 12.1 Å². The van der Waals surface area contributed by atoms with Crippen LogP contribution < -0.4 is 15.1 Å². The summed E-state index contributed by atoms with van der Waals surface area (Å²) in [7, 11) is 0. The van der Waals surface area contributed by atoms with Crippen LogP contribution in [0.3, 0.4) is 0 Å². The third-order valence-corrected chi connectivity index (χ3v) is 6.48. The first-order valence-corrected chi connectivity index (χ1v) is 11.7. The van der Waals surface area contributed by atoms with Crippen molar-refractivity contribution in [2.24, 2.45) is 0 Å². The van der Waals surface area contributed by atoms with Crippen molar-refractivity contribution in [1.82, 2.24) is 4.98 Å².